The van der Waals surface area contributed by atoms with Crippen molar-refractivity contribution < 1.29 is 47.3 Å². The number of aliphatic hydroxyl groups excluding tert-OH is 1. The molecule has 1 N–H and O–H groups in total. The third kappa shape index (κ3) is 3.30. The molecule has 1 unspecified atom stereocenters. The Labute approximate surface area is 160 Å². The number of halogens is 1. The van der Waals surface area contributed by atoms with Crippen LogP contribution < -0.4 is 0 Å². The Morgan fingerprint density at radius 3 is 3.05 bits per heavy atom. The molecule has 9 heteroatoms. The van der Waals surface area contributed by atoms with Gasteiger partial charge in [0, 0.05) is 51.2 Å². The minimum atomic E-state index is -0.650. The summed E-state index contributed by atoms with van der Waals surface area (Å²) in [6.07, 6.45) is 3.08. The second kappa shape index (κ2) is 7.22. The quantitative estimate of drug-likeness (QED) is 0.397. The second-order valence-electron chi connectivity index (χ2n) is 4.66. The molecule has 1 radical (unpaired) electrons. The summed E-state index contributed by atoms with van der Waals surface area (Å²) in [4.78, 5) is 12.5. The van der Waals surface area contributed by atoms with Crippen LogP contribution in [-0.2, 0) is 42.2 Å². The molecule has 3 heterocycles. The number of aliphatic hydroxyl groups is 1. The van der Waals surface area contributed by atoms with E-state index < -0.39 is 12.3 Å². The molecule has 111 valence electrons. The standard InChI is InChI=1S/C12H14IN4O3.Y/c1-6-14-3-7-11(16-6)17(5-15-7)12-10(18)9(13)8(20-12)4-19-2;/h5,8-10,12,18H,4H2,1-2H3;/q-1;/t8-,9+,10?,12-;/m1./s1. The summed E-state index contributed by atoms with van der Waals surface area (Å²) in [6.45, 7) is 2.22. The van der Waals surface area contributed by atoms with Crippen molar-refractivity contribution in [2.24, 2.45) is 0 Å². The van der Waals surface area contributed by atoms with Crippen LogP contribution in [0.4, 0.5) is 0 Å². The molecular formula is C12H14IN4O3Y-. The number of hydrogen-bond donors (Lipinski definition) is 1. The number of hydrogen-bond acceptors (Lipinski definition) is 6. The zero-order valence-electron chi connectivity index (χ0n) is 11.6. The van der Waals surface area contributed by atoms with Crippen molar-refractivity contribution in [1.29, 1.82) is 0 Å². The fourth-order valence-electron chi connectivity index (χ4n) is 2.28. The topological polar surface area (TPSA) is 82.3 Å². The van der Waals surface area contributed by atoms with E-state index in [4.69, 9.17) is 9.47 Å². The number of rotatable bonds is 3. The van der Waals surface area contributed by atoms with Crippen LogP contribution in [0.5, 0.6) is 0 Å². The first kappa shape index (κ1) is 17.6. The van der Waals surface area contributed by atoms with Crippen molar-refractivity contribution in [2.75, 3.05) is 13.7 Å². The van der Waals surface area contributed by atoms with Crippen LogP contribution in [-0.4, -0.2) is 54.5 Å². The number of ether oxygens (including phenoxy) is 2. The van der Waals surface area contributed by atoms with Gasteiger partial charge in [0.2, 0.25) is 0 Å². The van der Waals surface area contributed by atoms with Gasteiger partial charge in [-0.15, -0.1) is 0 Å². The molecule has 0 bridgehead atoms. The van der Waals surface area contributed by atoms with Gasteiger partial charge in [0.05, 0.1) is 28.6 Å². The summed E-state index contributed by atoms with van der Waals surface area (Å²) < 4.78 is 12.7. The van der Waals surface area contributed by atoms with Gasteiger partial charge in [-0.05, 0) is 6.20 Å². The first-order chi connectivity index (χ1) is 9.61. The number of alkyl halides is 1. The van der Waals surface area contributed by atoms with E-state index >= 15 is 0 Å². The van der Waals surface area contributed by atoms with Crippen molar-refractivity contribution in [1.82, 2.24) is 19.5 Å². The SMILES string of the molecule is COC[C@H]1O[C@@H](n2cnc3[c-]nc(C)nc32)C(O)[C@H]1I.[Y]. The van der Waals surface area contributed by atoms with Gasteiger partial charge in [-0.3, -0.25) is 4.98 Å². The molecule has 0 spiro atoms. The fourth-order valence-corrected chi connectivity index (χ4v) is 3.01. The molecule has 1 aliphatic heterocycles. The van der Waals surface area contributed by atoms with Gasteiger partial charge < -0.3 is 29.1 Å². The Hall–Kier alpha value is 0.264. The zero-order valence-corrected chi connectivity index (χ0v) is 16.6. The van der Waals surface area contributed by atoms with E-state index in [1.165, 1.54) is 0 Å². The molecule has 2 aromatic heterocycles. The Kier molecular flexibility index (Phi) is 6.06. The molecule has 1 saturated heterocycles. The van der Waals surface area contributed by atoms with Gasteiger partial charge in [0.1, 0.15) is 6.10 Å². The van der Waals surface area contributed by atoms with Gasteiger partial charge in [-0.1, -0.05) is 29.5 Å². The van der Waals surface area contributed by atoms with Crippen LogP contribution in [0.25, 0.3) is 11.2 Å². The number of nitrogens with zero attached hydrogens (tertiary/aromatic N) is 4. The summed E-state index contributed by atoms with van der Waals surface area (Å²) in [5.74, 6) is 0.603. The zero-order chi connectivity index (χ0) is 14.3. The van der Waals surface area contributed by atoms with E-state index in [-0.39, 0.29) is 42.7 Å². The van der Waals surface area contributed by atoms with E-state index in [1.54, 1.807) is 24.9 Å². The van der Waals surface area contributed by atoms with Gasteiger partial charge in [0.25, 0.3) is 0 Å². The molecule has 21 heavy (non-hydrogen) atoms. The number of fused-ring (bicyclic) bond motifs is 1. The maximum Gasteiger partial charge on any atom is 0.153 e. The normalized spacial score (nSPS) is 28.8. The maximum atomic E-state index is 10.4. The Morgan fingerprint density at radius 1 is 1.57 bits per heavy atom. The van der Waals surface area contributed by atoms with E-state index in [1.807, 2.05) is 0 Å². The summed E-state index contributed by atoms with van der Waals surface area (Å²) in [5.41, 5.74) is 1.18. The average Bonchev–Trinajstić information content (AvgIpc) is 2.95. The van der Waals surface area contributed by atoms with E-state index in [2.05, 4.69) is 43.7 Å². The largest absolute Gasteiger partial charge is 0.387 e. The molecule has 1 aliphatic rings. The number of aryl methyl sites for hydroxylation is 1. The summed E-state index contributed by atoms with van der Waals surface area (Å²) >= 11 is 2.18. The van der Waals surface area contributed by atoms with Gasteiger partial charge in [-0.25, -0.2) is 0 Å². The predicted octanol–water partition coefficient (Wildman–Crippen LogP) is 0.641. The average molecular weight is 478 g/mol. The summed E-state index contributed by atoms with van der Waals surface area (Å²) in [7, 11) is 1.62. The molecule has 3 rings (SSSR count). The maximum absolute atomic E-state index is 10.4. The molecule has 0 aromatic carbocycles. The summed E-state index contributed by atoms with van der Waals surface area (Å²) in [6, 6.07) is 0. The number of imidazole rings is 1. The first-order valence-electron chi connectivity index (χ1n) is 6.17. The molecule has 1 fully saturated rings. The molecule has 0 amide bonds. The third-order valence-electron chi connectivity index (χ3n) is 3.25. The van der Waals surface area contributed by atoms with E-state index in [0.29, 0.717) is 23.6 Å². The first-order valence-corrected chi connectivity index (χ1v) is 7.41. The molecule has 0 saturated carbocycles. The molecule has 4 atom stereocenters. The second-order valence-corrected chi connectivity index (χ2v) is 6.10. The summed E-state index contributed by atoms with van der Waals surface area (Å²) in [5, 5.41) is 10.4. The van der Waals surface area contributed by atoms with Crippen LogP contribution >= 0.6 is 22.6 Å². The van der Waals surface area contributed by atoms with Crippen LogP contribution in [0, 0.1) is 13.1 Å². The van der Waals surface area contributed by atoms with E-state index in [9.17, 15) is 5.11 Å². The van der Waals surface area contributed by atoms with Crippen LogP contribution in [0.2, 0.25) is 0 Å². The number of aromatic nitrogens is 4. The Bertz CT molecular complexity index is 626. The fraction of sp³-hybridized carbons (Fsp3) is 0.583. The molecule has 2 aromatic rings. The minimum absolute atomic E-state index is 0. The van der Waals surface area contributed by atoms with Gasteiger partial charge in [-0.2, -0.15) is 0 Å². The molecule has 7 nitrogen and oxygen atoms in total. The van der Waals surface area contributed by atoms with Crippen LogP contribution in [0.3, 0.4) is 0 Å². The van der Waals surface area contributed by atoms with Gasteiger partial charge >= 0.3 is 0 Å². The molecule has 0 aliphatic carbocycles. The number of methoxy groups -OCH3 is 1. The van der Waals surface area contributed by atoms with Crippen LogP contribution in [0.15, 0.2) is 6.33 Å². The third-order valence-corrected chi connectivity index (χ3v) is 4.79. The predicted molar refractivity (Wildman–Crippen MR) is 78.5 cm³/mol. The Morgan fingerprint density at radius 2 is 2.33 bits per heavy atom. The molecular weight excluding hydrogens is 464 g/mol. The van der Waals surface area contributed by atoms with Crippen molar-refractivity contribution in [3.05, 3.63) is 18.3 Å². The monoisotopic (exact) mass is 478 g/mol. The van der Waals surface area contributed by atoms with Crippen molar-refractivity contribution in [3.63, 3.8) is 0 Å². The van der Waals surface area contributed by atoms with Gasteiger partial charge in [0.15, 0.2) is 6.23 Å². The minimum Gasteiger partial charge on any atom is -0.387 e. The van der Waals surface area contributed by atoms with Crippen LogP contribution in [0.1, 0.15) is 12.1 Å². The van der Waals surface area contributed by atoms with Crippen molar-refractivity contribution >= 4 is 33.8 Å². The Balaban J connectivity index is 0.00000161. The van der Waals surface area contributed by atoms with E-state index in [0.717, 1.165) is 0 Å². The van der Waals surface area contributed by atoms with Crippen molar-refractivity contribution in [3.8, 4) is 0 Å². The van der Waals surface area contributed by atoms with Crippen molar-refractivity contribution in [2.45, 2.75) is 29.3 Å². The smallest absolute Gasteiger partial charge is 0.153 e.